The fourth-order valence-corrected chi connectivity index (χ4v) is 4.34. The molecule has 0 saturated heterocycles. The number of carbonyl (C=O) groups is 3. The van der Waals surface area contributed by atoms with Gasteiger partial charge in [-0.05, 0) is 24.3 Å². The smallest absolute Gasteiger partial charge is 0.196 e. The number of nitrogen functional groups attached to an aromatic ring is 1. The van der Waals surface area contributed by atoms with Crippen LogP contribution in [0.25, 0.3) is 0 Å². The maximum atomic E-state index is 13.2. The van der Waals surface area contributed by atoms with E-state index < -0.39 is 49.4 Å². The number of fused-ring (bicyclic) bond motifs is 2. The summed E-state index contributed by atoms with van der Waals surface area (Å²) in [5.74, 6) is -3.02. The number of aromatic carboxylic acids is 1. The van der Waals surface area contributed by atoms with Crippen molar-refractivity contribution in [3.05, 3.63) is 81.4 Å². The van der Waals surface area contributed by atoms with Gasteiger partial charge >= 0.3 is 0 Å². The van der Waals surface area contributed by atoms with Crippen LogP contribution in [0.2, 0.25) is 5.02 Å². The standard InChI is InChI=1S/C21H13ClN2O7S/c22-9-5-6-13(12(7-9)21(27)28)24-14-8-15(32(29,30)31)18(23)17-16(14)19(25)10-3-1-2-4-11(10)20(17)26/h1-8,24H,23H2,(H,27,28)(H,29,30,31)/p-2. The monoisotopic (exact) mass is 470 g/mol. The van der Waals surface area contributed by atoms with Crippen molar-refractivity contribution in [3.63, 3.8) is 0 Å². The van der Waals surface area contributed by atoms with Crippen LogP contribution in [-0.4, -0.2) is 30.5 Å². The van der Waals surface area contributed by atoms with E-state index in [9.17, 15) is 32.5 Å². The molecule has 32 heavy (non-hydrogen) atoms. The number of anilines is 3. The molecule has 0 spiro atoms. The molecule has 0 fully saturated rings. The molecule has 3 N–H and O–H groups in total. The quantitative estimate of drug-likeness (QED) is 0.333. The Kier molecular flexibility index (Phi) is 5.00. The van der Waals surface area contributed by atoms with E-state index in [0.29, 0.717) is 0 Å². The molecular formula is C21H11ClN2O7S-2. The Hall–Kier alpha value is -3.73. The largest absolute Gasteiger partial charge is 0.744 e. The minimum Gasteiger partial charge on any atom is -0.744 e. The summed E-state index contributed by atoms with van der Waals surface area (Å²) >= 11 is 5.83. The van der Waals surface area contributed by atoms with Crippen molar-refractivity contribution in [1.29, 1.82) is 0 Å². The van der Waals surface area contributed by atoms with E-state index in [0.717, 1.165) is 12.1 Å². The molecule has 0 heterocycles. The van der Waals surface area contributed by atoms with Gasteiger partial charge in [-0.25, -0.2) is 8.42 Å². The van der Waals surface area contributed by atoms with Gasteiger partial charge in [0.2, 0.25) is 0 Å². The number of hydrogen-bond donors (Lipinski definition) is 2. The highest BCUT2D eigenvalue weighted by molar-refractivity contribution is 7.86. The highest BCUT2D eigenvalue weighted by atomic mass is 35.5. The zero-order chi connectivity index (χ0) is 23.4. The lowest BCUT2D eigenvalue weighted by molar-refractivity contribution is -0.254. The number of carbonyl (C=O) groups excluding carboxylic acids is 3. The first-order valence-electron chi connectivity index (χ1n) is 8.89. The Morgan fingerprint density at radius 2 is 1.53 bits per heavy atom. The molecule has 162 valence electrons. The van der Waals surface area contributed by atoms with Crippen LogP contribution in [0.15, 0.2) is 53.4 Å². The zero-order valence-electron chi connectivity index (χ0n) is 15.8. The normalized spacial score (nSPS) is 12.8. The summed E-state index contributed by atoms with van der Waals surface area (Å²) in [6.45, 7) is 0. The van der Waals surface area contributed by atoms with E-state index in [2.05, 4.69) is 5.32 Å². The Balaban J connectivity index is 2.04. The minimum atomic E-state index is -5.16. The van der Waals surface area contributed by atoms with Crippen molar-refractivity contribution in [2.75, 3.05) is 11.1 Å². The number of benzene rings is 3. The molecule has 0 unspecified atom stereocenters. The molecule has 0 bridgehead atoms. The summed E-state index contributed by atoms with van der Waals surface area (Å²) < 4.78 is 35.4. The van der Waals surface area contributed by atoms with E-state index in [1.165, 1.54) is 36.4 Å². The van der Waals surface area contributed by atoms with Crippen molar-refractivity contribution < 1.29 is 32.5 Å². The van der Waals surface area contributed by atoms with Gasteiger partial charge in [-0.1, -0.05) is 35.9 Å². The molecule has 0 atom stereocenters. The number of hydrogen-bond acceptors (Lipinski definition) is 9. The van der Waals surface area contributed by atoms with Crippen LogP contribution in [-0.2, 0) is 10.1 Å². The number of ketones is 2. The number of nitrogens with two attached hydrogens (primary N) is 1. The summed E-state index contributed by atoms with van der Waals surface area (Å²) in [4.78, 5) is 36.9. The van der Waals surface area contributed by atoms with Crippen molar-refractivity contribution in [1.82, 2.24) is 0 Å². The molecule has 0 radical (unpaired) electrons. The molecule has 1 aliphatic carbocycles. The lowest BCUT2D eigenvalue weighted by Gasteiger charge is -2.25. The van der Waals surface area contributed by atoms with Gasteiger partial charge in [0.05, 0.1) is 33.4 Å². The third kappa shape index (κ3) is 3.40. The van der Waals surface area contributed by atoms with Gasteiger partial charge in [0.1, 0.15) is 10.1 Å². The fraction of sp³-hybridized carbons (Fsp3) is 0. The van der Waals surface area contributed by atoms with Gasteiger partial charge in [0, 0.05) is 27.4 Å². The van der Waals surface area contributed by atoms with Crippen LogP contribution in [0, 0.1) is 0 Å². The number of halogens is 1. The molecule has 0 aliphatic heterocycles. The average Bonchev–Trinajstić information content (AvgIpc) is 2.73. The first kappa shape index (κ1) is 21.5. The molecule has 9 nitrogen and oxygen atoms in total. The maximum absolute atomic E-state index is 13.2. The molecular weight excluding hydrogens is 460 g/mol. The van der Waals surface area contributed by atoms with Crippen LogP contribution in [0.5, 0.6) is 0 Å². The van der Waals surface area contributed by atoms with Crippen LogP contribution < -0.4 is 16.2 Å². The van der Waals surface area contributed by atoms with E-state index in [4.69, 9.17) is 17.3 Å². The Morgan fingerprint density at radius 3 is 2.09 bits per heavy atom. The summed E-state index contributed by atoms with van der Waals surface area (Å²) in [7, 11) is -5.16. The molecule has 0 aromatic heterocycles. The summed E-state index contributed by atoms with van der Waals surface area (Å²) in [5.41, 5.74) is 3.67. The Morgan fingerprint density at radius 1 is 0.938 bits per heavy atom. The van der Waals surface area contributed by atoms with Gasteiger partial charge < -0.3 is 25.5 Å². The van der Waals surface area contributed by atoms with Crippen molar-refractivity contribution >= 4 is 56.3 Å². The summed E-state index contributed by atoms with van der Waals surface area (Å²) in [5, 5.41) is 14.2. The lowest BCUT2D eigenvalue weighted by atomic mass is 9.82. The fourth-order valence-electron chi connectivity index (χ4n) is 3.54. The maximum Gasteiger partial charge on any atom is 0.196 e. The Labute approximate surface area is 186 Å². The summed E-state index contributed by atoms with van der Waals surface area (Å²) in [6, 6.07) is 10.3. The van der Waals surface area contributed by atoms with E-state index in [1.54, 1.807) is 0 Å². The molecule has 0 amide bonds. The average molecular weight is 471 g/mol. The second-order valence-corrected chi connectivity index (χ2v) is 8.63. The van der Waals surface area contributed by atoms with Crippen molar-refractivity contribution in [2.24, 2.45) is 0 Å². The molecule has 3 aromatic rings. The van der Waals surface area contributed by atoms with Crippen LogP contribution in [0.1, 0.15) is 42.2 Å². The van der Waals surface area contributed by atoms with Crippen molar-refractivity contribution in [2.45, 2.75) is 4.90 Å². The predicted octanol–water partition coefficient (Wildman–Crippen LogP) is 1.71. The predicted molar refractivity (Wildman–Crippen MR) is 111 cm³/mol. The van der Waals surface area contributed by atoms with Gasteiger partial charge in [0.15, 0.2) is 11.6 Å². The van der Waals surface area contributed by atoms with E-state index in [-0.39, 0.29) is 33.1 Å². The third-order valence-corrected chi connectivity index (χ3v) is 6.05. The highest BCUT2D eigenvalue weighted by Crippen LogP contribution is 2.40. The molecule has 0 saturated carbocycles. The van der Waals surface area contributed by atoms with Gasteiger partial charge in [-0.15, -0.1) is 0 Å². The van der Waals surface area contributed by atoms with Gasteiger partial charge in [-0.2, -0.15) is 0 Å². The van der Waals surface area contributed by atoms with E-state index in [1.807, 2.05) is 0 Å². The molecule has 4 rings (SSSR count). The second kappa shape index (κ2) is 7.45. The molecule has 3 aromatic carbocycles. The number of carboxylic acids is 1. The topological polar surface area (TPSA) is 170 Å². The van der Waals surface area contributed by atoms with Gasteiger partial charge in [0.25, 0.3) is 0 Å². The highest BCUT2D eigenvalue weighted by Gasteiger charge is 2.35. The SMILES string of the molecule is Nc1c(S(=O)(=O)[O-])cc(Nc2ccc(Cl)cc2C(=O)[O-])c2c1C(=O)c1ccccc1C2=O. The van der Waals surface area contributed by atoms with Crippen LogP contribution in [0.3, 0.4) is 0 Å². The van der Waals surface area contributed by atoms with Gasteiger partial charge in [-0.3, -0.25) is 9.59 Å². The van der Waals surface area contributed by atoms with Crippen LogP contribution in [0.4, 0.5) is 17.1 Å². The molecule has 1 aliphatic rings. The van der Waals surface area contributed by atoms with Crippen molar-refractivity contribution in [3.8, 4) is 0 Å². The zero-order valence-corrected chi connectivity index (χ0v) is 17.4. The van der Waals surface area contributed by atoms with Crippen LogP contribution >= 0.6 is 11.6 Å². The number of rotatable bonds is 4. The number of nitrogens with one attached hydrogen (secondary N) is 1. The first-order chi connectivity index (χ1) is 15.0. The number of carboxylic acid groups (broad SMARTS) is 1. The second-order valence-electron chi connectivity index (χ2n) is 6.85. The Bertz CT molecular complexity index is 1470. The first-order valence-corrected chi connectivity index (χ1v) is 10.7. The summed E-state index contributed by atoms with van der Waals surface area (Å²) in [6.07, 6.45) is 0. The molecule has 11 heteroatoms. The lowest BCUT2D eigenvalue weighted by Crippen LogP contribution is -2.26. The minimum absolute atomic E-state index is 0.00925. The van der Waals surface area contributed by atoms with E-state index >= 15 is 0 Å². The third-order valence-electron chi connectivity index (χ3n) is 4.94.